The zero-order valence-electron chi connectivity index (χ0n) is 9.21. The van der Waals surface area contributed by atoms with Crippen molar-refractivity contribution >= 4 is 23.2 Å². The second-order valence-electron chi connectivity index (χ2n) is 3.55. The van der Waals surface area contributed by atoms with E-state index in [1.54, 1.807) is 12.1 Å². The molecule has 0 aliphatic carbocycles. The van der Waals surface area contributed by atoms with Crippen LogP contribution in [-0.4, -0.2) is 11.3 Å². The maximum Gasteiger partial charge on any atom is 0.573 e. The fourth-order valence-electron chi connectivity index (χ4n) is 1.49. The minimum atomic E-state index is -4.74. The molecule has 0 radical (unpaired) electrons. The van der Waals surface area contributed by atoms with E-state index in [-0.39, 0.29) is 16.1 Å². The summed E-state index contributed by atoms with van der Waals surface area (Å²) in [5.74, 6) is -0.323. The third-order valence-corrected chi connectivity index (χ3v) is 2.69. The van der Waals surface area contributed by atoms with Gasteiger partial charge in [0.25, 0.3) is 0 Å². The Labute approximate surface area is 116 Å². The lowest BCUT2D eigenvalue weighted by atomic mass is 10.1. The largest absolute Gasteiger partial charge is 0.573 e. The summed E-state index contributed by atoms with van der Waals surface area (Å²) in [5, 5.41) is 0.313. The lowest BCUT2D eigenvalue weighted by molar-refractivity contribution is -0.274. The predicted molar refractivity (Wildman–Crippen MR) is 66.4 cm³/mol. The van der Waals surface area contributed by atoms with E-state index in [0.29, 0.717) is 11.1 Å². The van der Waals surface area contributed by atoms with Crippen LogP contribution in [0.4, 0.5) is 13.2 Å². The molecule has 0 unspecified atom stereocenters. The molecular weight excluding hydrogens is 302 g/mol. The monoisotopic (exact) mass is 307 g/mol. The van der Waals surface area contributed by atoms with E-state index >= 15 is 0 Å². The second kappa shape index (κ2) is 5.27. The topological polar surface area (TPSA) is 22.1 Å². The number of nitrogens with zero attached hydrogens (tertiary/aromatic N) is 1. The van der Waals surface area contributed by atoms with Gasteiger partial charge in [-0.2, -0.15) is 0 Å². The number of aromatic nitrogens is 1. The van der Waals surface area contributed by atoms with Crippen LogP contribution in [0.15, 0.2) is 36.4 Å². The lowest BCUT2D eigenvalue weighted by Crippen LogP contribution is -2.17. The van der Waals surface area contributed by atoms with Gasteiger partial charge in [-0.1, -0.05) is 35.3 Å². The molecule has 19 heavy (non-hydrogen) atoms. The number of pyridine rings is 1. The summed E-state index contributed by atoms with van der Waals surface area (Å²) in [6.07, 6.45) is -4.74. The van der Waals surface area contributed by atoms with Crippen LogP contribution < -0.4 is 4.74 Å². The summed E-state index contributed by atoms with van der Waals surface area (Å²) in [6.45, 7) is 0. The van der Waals surface area contributed by atoms with Crippen molar-refractivity contribution in [3.63, 3.8) is 0 Å². The molecule has 2 nitrogen and oxygen atoms in total. The zero-order valence-corrected chi connectivity index (χ0v) is 10.7. The molecule has 0 saturated heterocycles. The van der Waals surface area contributed by atoms with Crippen LogP contribution in [0.5, 0.6) is 5.75 Å². The van der Waals surface area contributed by atoms with E-state index in [4.69, 9.17) is 23.2 Å². The molecule has 1 aromatic heterocycles. The molecule has 0 saturated carbocycles. The van der Waals surface area contributed by atoms with Gasteiger partial charge in [0, 0.05) is 5.56 Å². The van der Waals surface area contributed by atoms with Crippen LogP contribution in [0.25, 0.3) is 11.1 Å². The Bertz CT molecular complexity index is 602. The van der Waals surface area contributed by atoms with Crippen molar-refractivity contribution in [2.24, 2.45) is 0 Å². The number of rotatable bonds is 2. The number of hydrogen-bond donors (Lipinski definition) is 0. The molecule has 1 aromatic carbocycles. The van der Waals surface area contributed by atoms with Crippen molar-refractivity contribution in [3.05, 3.63) is 46.7 Å². The van der Waals surface area contributed by atoms with Crippen LogP contribution >= 0.6 is 23.2 Å². The molecule has 0 bridgehead atoms. The summed E-state index contributed by atoms with van der Waals surface area (Å²) in [4.78, 5) is 3.82. The first-order valence-electron chi connectivity index (χ1n) is 5.03. The van der Waals surface area contributed by atoms with E-state index in [9.17, 15) is 13.2 Å². The Morgan fingerprint density at radius 1 is 1.05 bits per heavy atom. The molecule has 0 fully saturated rings. The van der Waals surface area contributed by atoms with Gasteiger partial charge in [-0.3, -0.25) is 0 Å². The summed E-state index contributed by atoms with van der Waals surface area (Å²) >= 11 is 11.5. The molecule has 2 rings (SSSR count). The van der Waals surface area contributed by atoms with E-state index < -0.39 is 6.36 Å². The summed E-state index contributed by atoms with van der Waals surface area (Å²) in [6, 6.07) is 8.53. The average molecular weight is 308 g/mol. The Balaban J connectivity index is 2.38. The number of benzene rings is 1. The highest BCUT2D eigenvalue weighted by Gasteiger charge is 2.31. The fourth-order valence-corrected chi connectivity index (χ4v) is 1.94. The van der Waals surface area contributed by atoms with Crippen molar-refractivity contribution in [3.8, 4) is 16.9 Å². The van der Waals surface area contributed by atoms with E-state index in [0.717, 1.165) is 0 Å². The van der Waals surface area contributed by atoms with Crippen molar-refractivity contribution in [1.82, 2.24) is 4.98 Å². The highest BCUT2D eigenvalue weighted by Crippen LogP contribution is 2.31. The van der Waals surface area contributed by atoms with Gasteiger partial charge in [-0.05, 0) is 29.8 Å². The molecule has 7 heteroatoms. The van der Waals surface area contributed by atoms with Crippen LogP contribution in [-0.2, 0) is 0 Å². The molecule has 0 aliphatic heterocycles. The fraction of sp³-hybridized carbons (Fsp3) is 0.0833. The Morgan fingerprint density at radius 2 is 1.79 bits per heavy atom. The highest BCUT2D eigenvalue weighted by atomic mass is 35.5. The first kappa shape index (κ1) is 14.0. The van der Waals surface area contributed by atoms with Gasteiger partial charge in [0.15, 0.2) is 0 Å². The first-order chi connectivity index (χ1) is 8.85. The highest BCUT2D eigenvalue weighted by molar-refractivity contribution is 6.34. The van der Waals surface area contributed by atoms with E-state index in [2.05, 4.69) is 9.72 Å². The van der Waals surface area contributed by atoms with Crippen molar-refractivity contribution in [1.29, 1.82) is 0 Å². The normalized spacial score (nSPS) is 11.4. The Kier molecular flexibility index (Phi) is 3.87. The lowest BCUT2D eigenvalue weighted by Gasteiger charge is -2.10. The van der Waals surface area contributed by atoms with E-state index in [1.807, 2.05) is 0 Å². The minimum Gasteiger partial charge on any atom is -0.406 e. The smallest absolute Gasteiger partial charge is 0.406 e. The molecular formula is C12H6Cl2F3NO. The standard InChI is InChI=1S/C12H6Cl2F3NO/c13-10-5-4-9(11(14)18-10)7-2-1-3-8(6-7)19-12(15,16)17/h1-6H. The summed E-state index contributed by atoms with van der Waals surface area (Å²) in [5.41, 5.74) is 0.926. The number of ether oxygens (including phenoxy) is 1. The molecule has 100 valence electrons. The average Bonchev–Trinajstić information content (AvgIpc) is 2.26. The van der Waals surface area contributed by atoms with Crippen molar-refractivity contribution in [2.45, 2.75) is 6.36 Å². The number of halogens is 5. The number of hydrogen-bond acceptors (Lipinski definition) is 2. The van der Waals surface area contributed by atoms with Crippen LogP contribution in [0.1, 0.15) is 0 Å². The molecule has 0 N–H and O–H groups in total. The SMILES string of the molecule is FC(F)(F)Oc1cccc(-c2ccc(Cl)nc2Cl)c1. The molecule has 0 amide bonds. The zero-order chi connectivity index (χ0) is 14.0. The maximum atomic E-state index is 12.1. The summed E-state index contributed by atoms with van der Waals surface area (Å²) in [7, 11) is 0. The van der Waals surface area contributed by atoms with Crippen LogP contribution in [0, 0.1) is 0 Å². The van der Waals surface area contributed by atoms with Crippen molar-refractivity contribution < 1.29 is 17.9 Å². The van der Waals surface area contributed by atoms with Gasteiger partial charge in [0.2, 0.25) is 0 Å². The Hall–Kier alpha value is -1.46. The number of alkyl halides is 3. The molecule has 0 atom stereocenters. The predicted octanol–water partition coefficient (Wildman–Crippen LogP) is 4.95. The summed E-state index contributed by atoms with van der Waals surface area (Å²) < 4.78 is 40.2. The van der Waals surface area contributed by atoms with Crippen LogP contribution in [0.2, 0.25) is 10.3 Å². The molecule has 0 aliphatic rings. The van der Waals surface area contributed by atoms with Gasteiger partial charge in [0.1, 0.15) is 16.1 Å². The third kappa shape index (κ3) is 3.75. The first-order valence-corrected chi connectivity index (χ1v) is 5.79. The van der Waals surface area contributed by atoms with Gasteiger partial charge >= 0.3 is 6.36 Å². The maximum absolute atomic E-state index is 12.1. The second-order valence-corrected chi connectivity index (χ2v) is 4.29. The third-order valence-electron chi connectivity index (χ3n) is 2.19. The van der Waals surface area contributed by atoms with Gasteiger partial charge < -0.3 is 4.74 Å². The van der Waals surface area contributed by atoms with E-state index in [1.165, 1.54) is 24.3 Å². The quantitative estimate of drug-likeness (QED) is 0.732. The van der Waals surface area contributed by atoms with Gasteiger partial charge in [-0.25, -0.2) is 4.98 Å². The van der Waals surface area contributed by atoms with Crippen molar-refractivity contribution in [2.75, 3.05) is 0 Å². The Morgan fingerprint density at radius 3 is 2.42 bits per heavy atom. The van der Waals surface area contributed by atoms with Gasteiger partial charge in [-0.15, -0.1) is 13.2 Å². The van der Waals surface area contributed by atoms with Gasteiger partial charge in [0.05, 0.1) is 0 Å². The minimum absolute atomic E-state index is 0.108. The molecule has 0 spiro atoms. The van der Waals surface area contributed by atoms with Crippen LogP contribution in [0.3, 0.4) is 0 Å². The molecule has 1 heterocycles. The molecule has 2 aromatic rings.